The van der Waals surface area contributed by atoms with Gasteiger partial charge in [0, 0.05) is 32.8 Å². The van der Waals surface area contributed by atoms with Crippen molar-refractivity contribution in [2.75, 3.05) is 45.1 Å². The molecule has 1 fully saturated rings. The van der Waals surface area contributed by atoms with E-state index in [1.54, 1.807) is 0 Å². The first-order valence-electron chi connectivity index (χ1n) is 6.87. The summed E-state index contributed by atoms with van der Waals surface area (Å²) in [5.74, 6) is 0.127. The molecule has 1 heterocycles. The van der Waals surface area contributed by atoms with Gasteiger partial charge in [-0.15, -0.1) is 0 Å². The van der Waals surface area contributed by atoms with Crippen LogP contribution in [0.25, 0.3) is 0 Å². The molecule has 3 N–H and O–H groups in total. The van der Waals surface area contributed by atoms with Crippen molar-refractivity contribution in [1.29, 1.82) is 5.41 Å². The van der Waals surface area contributed by atoms with Crippen molar-refractivity contribution in [1.82, 2.24) is 9.21 Å². The molecule has 20 heavy (non-hydrogen) atoms. The summed E-state index contributed by atoms with van der Waals surface area (Å²) in [4.78, 5) is 2.05. The molecule has 8 heteroatoms. The maximum atomic E-state index is 12.1. The van der Waals surface area contributed by atoms with Crippen LogP contribution in [0.1, 0.15) is 20.8 Å². The molecule has 0 aliphatic carbocycles. The van der Waals surface area contributed by atoms with Gasteiger partial charge in [-0.1, -0.05) is 0 Å². The lowest BCUT2D eigenvalue weighted by Crippen LogP contribution is -2.60. The van der Waals surface area contributed by atoms with Gasteiger partial charge in [-0.2, -0.15) is 4.31 Å². The first-order chi connectivity index (χ1) is 9.21. The zero-order valence-corrected chi connectivity index (χ0v) is 13.4. The summed E-state index contributed by atoms with van der Waals surface area (Å²) < 4.78 is 30.8. The number of amidine groups is 1. The largest absolute Gasteiger partial charge is 0.386 e. The monoisotopic (exact) mass is 306 g/mol. The van der Waals surface area contributed by atoms with Crippen LogP contribution in [0.5, 0.6) is 0 Å². The van der Waals surface area contributed by atoms with E-state index in [0.29, 0.717) is 32.8 Å². The summed E-state index contributed by atoms with van der Waals surface area (Å²) in [5, 5.41) is 7.61. The summed E-state index contributed by atoms with van der Waals surface area (Å²) in [6, 6.07) is 0. The Hall–Kier alpha value is -0.700. The Morgan fingerprint density at radius 2 is 1.85 bits per heavy atom. The standard InChI is InChI=1S/C12H26N4O3S/c1-4-19-9-10-20(17,18)16-7-5-15(6-8-16)12(2,3)11(13)14/h4-10H2,1-3H3,(H3,13,14). The van der Waals surface area contributed by atoms with Gasteiger partial charge in [-0.05, 0) is 20.8 Å². The van der Waals surface area contributed by atoms with Crippen LogP contribution in [0.15, 0.2) is 0 Å². The van der Waals surface area contributed by atoms with E-state index in [4.69, 9.17) is 15.9 Å². The number of nitrogens with two attached hydrogens (primary N) is 1. The second kappa shape index (κ2) is 6.84. The minimum absolute atomic E-state index is 0.0247. The third-order valence-electron chi connectivity index (χ3n) is 3.77. The van der Waals surface area contributed by atoms with Crippen molar-refractivity contribution >= 4 is 15.9 Å². The van der Waals surface area contributed by atoms with Gasteiger partial charge in [0.15, 0.2) is 0 Å². The second-order valence-corrected chi connectivity index (χ2v) is 7.46. The van der Waals surface area contributed by atoms with Gasteiger partial charge in [-0.25, -0.2) is 8.42 Å². The van der Waals surface area contributed by atoms with Crippen molar-refractivity contribution in [3.63, 3.8) is 0 Å². The lowest BCUT2D eigenvalue weighted by molar-refractivity contribution is 0.120. The van der Waals surface area contributed by atoms with Crippen LogP contribution in [0.4, 0.5) is 0 Å². The lowest BCUT2D eigenvalue weighted by atomic mass is 10.0. The molecule has 0 saturated carbocycles. The van der Waals surface area contributed by atoms with E-state index >= 15 is 0 Å². The van der Waals surface area contributed by atoms with Crippen molar-refractivity contribution in [3.8, 4) is 0 Å². The molecule has 0 bridgehead atoms. The van der Waals surface area contributed by atoms with E-state index in [1.165, 1.54) is 4.31 Å². The van der Waals surface area contributed by atoms with Gasteiger partial charge >= 0.3 is 0 Å². The molecule has 0 spiro atoms. The zero-order valence-electron chi connectivity index (χ0n) is 12.6. The number of hydrogen-bond acceptors (Lipinski definition) is 5. The Bertz CT molecular complexity index is 428. The summed E-state index contributed by atoms with van der Waals surface area (Å²) in [6.45, 7) is 8.41. The van der Waals surface area contributed by atoms with Gasteiger partial charge in [-0.3, -0.25) is 10.3 Å². The Kier molecular flexibility index (Phi) is 5.93. The number of rotatable bonds is 7. The van der Waals surface area contributed by atoms with E-state index in [2.05, 4.69) is 0 Å². The van der Waals surface area contributed by atoms with Gasteiger partial charge in [0.05, 0.1) is 17.9 Å². The average molecular weight is 306 g/mol. The molecule has 7 nitrogen and oxygen atoms in total. The summed E-state index contributed by atoms with van der Waals surface area (Å²) in [5.41, 5.74) is 5.07. The molecule has 0 atom stereocenters. The highest BCUT2D eigenvalue weighted by Gasteiger charge is 2.35. The van der Waals surface area contributed by atoms with E-state index in [0.717, 1.165) is 0 Å². The van der Waals surface area contributed by atoms with E-state index in [-0.39, 0.29) is 18.2 Å². The van der Waals surface area contributed by atoms with Crippen LogP contribution in [-0.4, -0.2) is 74.1 Å². The Morgan fingerprint density at radius 3 is 2.30 bits per heavy atom. The number of nitrogens with zero attached hydrogens (tertiary/aromatic N) is 2. The zero-order chi connectivity index (χ0) is 15.4. The minimum Gasteiger partial charge on any atom is -0.386 e. The SMILES string of the molecule is CCOCCS(=O)(=O)N1CCN(C(C)(C)C(=N)N)CC1. The minimum atomic E-state index is -3.25. The van der Waals surface area contributed by atoms with Crippen LogP contribution < -0.4 is 5.73 Å². The summed E-state index contributed by atoms with van der Waals surface area (Å²) in [7, 11) is -3.25. The Morgan fingerprint density at radius 1 is 1.30 bits per heavy atom. The maximum absolute atomic E-state index is 12.1. The number of ether oxygens (including phenoxy) is 1. The molecule has 0 radical (unpaired) electrons. The average Bonchev–Trinajstić information content (AvgIpc) is 2.39. The molecule has 0 aromatic heterocycles. The van der Waals surface area contributed by atoms with Crippen molar-refractivity contribution in [2.45, 2.75) is 26.3 Å². The molecular formula is C12H26N4O3S. The van der Waals surface area contributed by atoms with Crippen LogP contribution in [-0.2, 0) is 14.8 Å². The first-order valence-corrected chi connectivity index (χ1v) is 8.48. The fourth-order valence-electron chi connectivity index (χ4n) is 2.13. The Labute approximate surface area is 121 Å². The third-order valence-corrected chi connectivity index (χ3v) is 5.61. The molecule has 118 valence electrons. The molecule has 1 aliphatic rings. The summed E-state index contributed by atoms with van der Waals surface area (Å²) in [6.07, 6.45) is 0. The normalized spacial score (nSPS) is 19.1. The summed E-state index contributed by atoms with van der Waals surface area (Å²) >= 11 is 0. The smallest absolute Gasteiger partial charge is 0.216 e. The fraction of sp³-hybridized carbons (Fsp3) is 0.917. The highest BCUT2D eigenvalue weighted by atomic mass is 32.2. The molecule has 0 unspecified atom stereocenters. The third kappa shape index (κ3) is 4.15. The van der Waals surface area contributed by atoms with Crippen LogP contribution >= 0.6 is 0 Å². The van der Waals surface area contributed by atoms with Crippen LogP contribution in [0, 0.1) is 5.41 Å². The lowest BCUT2D eigenvalue weighted by Gasteiger charge is -2.42. The number of nitrogens with one attached hydrogen (secondary N) is 1. The molecule has 1 rings (SSSR count). The maximum Gasteiger partial charge on any atom is 0.216 e. The number of piperazine rings is 1. The van der Waals surface area contributed by atoms with Crippen LogP contribution in [0.2, 0.25) is 0 Å². The highest BCUT2D eigenvalue weighted by molar-refractivity contribution is 7.89. The van der Waals surface area contributed by atoms with Crippen LogP contribution in [0.3, 0.4) is 0 Å². The molecule has 1 aliphatic heterocycles. The van der Waals surface area contributed by atoms with Gasteiger partial charge in [0.2, 0.25) is 10.0 Å². The first kappa shape index (κ1) is 17.4. The fourth-order valence-corrected chi connectivity index (χ4v) is 3.44. The van der Waals surface area contributed by atoms with E-state index < -0.39 is 15.6 Å². The molecule has 0 aromatic rings. The Balaban J connectivity index is 2.56. The van der Waals surface area contributed by atoms with Crippen molar-refractivity contribution < 1.29 is 13.2 Å². The van der Waals surface area contributed by atoms with Crippen molar-refractivity contribution in [2.24, 2.45) is 5.73 Å². The van der Waals surface area contributed by atoms with Gasteiger partial charge < -0.3 is 10.5 Å². The molecule has 1 saturated heterocycles. The van der Waals surface area contributed by atoms with E-state index in [1.807, 2.05) is 25.7 Å². The highest BCUT2D eigenvalue weighted by Crippen LogP contribution is 2.18. The van der Waals surface area contributed by atoms with Gasteiger partial charge in [0.25, 0.3) is 0 Å². The number of sulfonamides is 1. The van der Waals surface area contributed by atoms with E-state index in [9.17, 15) is 8.42 Å². The topological polar surface area (TPSA) is 99.7 Å². The predicted molar refractivity (Wildman–Crippen MR) is 79.4 cm³/mol. The van der Waals surface area contributed by atoms with Crippen molar-refractivity contribution in [3.05, 3.63) is 0 Å². The molecular weight excluding hydrogens is 280 g/mol. The molecule has 0 aromatic carbocycles. The predicted octanol–water partition coefficient (Wildman–Crippen LogP) is -0.315. The van der Waals surface area contributed by atoms with Gasteiger partial charge in [0.1, 0.15) is 5.84 Å². The second-order valence-electron chi connectivity index (χ2n) is 5.37. The number of hydrogen-bond donors (Lipinski definition) is 2. The quantitative estimate of drug-likeness (QED) is 0.382. The molecule has 0 amide bonds.